The summed E-state index contributed by atoms with van der Waals surface area (Å²) in [6.45, 7) is 12.0. The van der Waals surface area contributed by atoms with Gasteiger partial charge in [-0.3, -0.25) is 9.59 Å². The SMILES string of the molecule is CC(O)COC(=O)C1CC2OC1C(C1C3CC(C(=O)OC(C)(C)C)C(C3)C1C)C2C. The molecule has 0 radical (unpaired) electrons. The molecule has 2 saturated heterocycles. The van der Waals surface area contributed by atoms with Gasteiger partial charge in [-0.05, 0) is 82.5 Å². The van der Waals surface area contributed by atoms with Gasteiger partial charge in [0.2, 0.25) is 0 Å². The van der Waals surface area contributed by atoms with Crippen LogP contribution in [0.4, 0.5) is 0 Å². The molecular formula is C24H38O6. The standard InChI is InChI=1S/C24H38O6/c1-11(25)10-28-22(26)17-9-18-13(3)20(21(17)29-18)19-12(2)15-7-14(19)8-16(15)23(27)30-24(4,5)6/h11-21,25H,7-10H2,1-6H3. The topological polar surface area (TPSA) is 82.1 Å². The van der Waals surface area contributed by atoms with E-state index in [1.165, 1.54) is 0 Å². The second-order valence-electron chi connectivity index (χ2n) is 11.4. The first-order valence-corrected chi connectivity index (χ1v) is 11.7. The van der Waals surface area contributed by atoms with Crippen molar-refractivity contribution in [1.82, 2.24) is 0 Å². The van der Waals surface area contributed by atoms with Gasteiger partial charge in [-0.25, -0.2) is 0 Å². The van der Waals surface area contributed by atoms with Crippen LogP contribution in [0.5, 0.6) is 0 Å². The highest BCUT2D eigenvalue weighted by Crippen LogP contribution is 2.63. The van der Waals surface area contributed by atoms with Crippen molar-refractivity contribution in [3.8, 4) is 0 Å². The lowest BCUT2D eigenvalue weighted by molar-refractivity contribution is -0.163. The van der Waals surface area contributed by atoms with Gasteiger partial charge in [0.15, 0.2) is 0 Å². The van der Waals surface area contributed by atoms with E-state index in [1.807, 2.05) is 20.8 Å². The summed E-state index contributed by atoms with van der Waals surface area (Å²) < 4.78 is 17.3. The van der Waals surface area contributed by atoms with Crippen LogP contribution >= 0.6 is 0 Å². The Morgan fingerprint density at radius 1 is 1.03 bits per heavy atom. The van der Waals surface area contributed by atoms with E-state index in [9.17, 15) is 14.7 Å². The van der Waals surface area contributed by atoms with Crippen LogP contribution in [-0.2, 0) is 23.8 Å². The van der Waals surface area contributed by atoms with Gasteiger partial charge >= 0.3 is 11.9 Å². The second kappa shape index (κ2) is 7.77. The molecule has 2 aliphatic carbocycles. The summed E-state index contributed by atoms with van der Waals surface area (Å²) in [5, 5.41) is 9.44. The van der Waals surface area contributed by atoms with Gasteiger partial charge in [-0.15, -0.1) is 0 Å². The normalized spacial score (nSPS) is 45.6. The molecule has 2 heterocycles. The van der Waals surface area contributed by atoms with Gasteiger partial charge in [0.1, 0.15) is 12.2 Å². The molecule has 0 aromatic carbocycles. The van der Waals surface area contributed by atoms with Gasteiger partial charge in [0, 0.05) is 0 Å². The van der Waals surface area contributed by atoms with E-state index in [0.29, 0.717) is 35.5 Å². The molecule has 4 fully saturated rings. The third kappa shape index (κ3) is 3.79. The number of hydrogen-bond acceptors (Lipinski definition) is 6. The number of aliphatic hydroxyl groups is 1. The Bertz CT molecular complexity index is 680. The molecule has 0 amide bonds. The lowest BCUT2D eigenvalue weighted by atomic mass is 9.61. The molecule has 1 N–H and O–H groups in total. The maximum absolute atomic E-state index is 12.8. The second-order valence-corrected chi connectivity index (χ2v) is 11.4. The average molecular weight is 423 g/mol. The zero-order valence-electron chi connectivity index (χ0n) is 19.2. The first-order chi connectivity index (χ1) is 14.0. The summed E-state index contributed by atoms with van der Waals surface area (Å²) in [6.07, 6.45) is 2.05. The Labute approximate surface area is 180 Å². The van der Waals surface area contributed by atoms with Crippen molar-refractivity contribution in [1.29, 1.82) is 0 Å². The lowest BCUT2D eigenvalue weighted by Gasteiger charge is -2.42. The highest BCUT2D eigenvalue weighted by atomic mass is 16.6. The van der Waals surface area contributed by atoms with E-state index < -0.39 is 11.7 Å². The van der Waals surface area contributed by atoms with Crippen LogP contribution in [-0.4, -0.2) is 47.6 Å². The summed E-state index contributed by atoms with van der Waals surface area (Å²) in [5.74, 6) is 2.00. The largest absolute Gasteiger partial charge is 0.463 e. The molecule has 0 spiro atoms. The van der Waals surface area contributed by atoms with Gasteiger partial charge in [0.05, 0.1) is 30.1 Å². The number of esters is 2. The Morgan fingerprint density at radius 3 is 2.30 bits per heavy atom. The Kier molecular flexibility index (Phi) is 5.72. The zero-order chi connectivity index (χ0) is 22.0. The van der Waals surface area contributed by atoms with Gasteiger partial charge in [-0.2, -0.15) is 0 Å². The van der Waals surface area contributed by atoms with E-state index in [1.54, 1.807) is 6.92 Å². The van der Waals surface area contributed by atoms with Crippen LogP contribution in [0.25, 0.3) is 0 Å². The monoisotopic (exact) mass is 422 g/mol. The van der Waals surface area contributed by atoms with Gasteiger partial charge in [0.25, 0.3) is 0 Å². The smallest absolute Gasteiger partial charge is 0.311 e. The number of aliphatic hydroxyl groups excluding tert-OH is 1. The number of fused-ring (bicyclic) bond motifs is 4. The molecule has 11 unspecified atom stereocenters. The van der Waals surface area contributed by atoms with Crippen molar-refractivity contribution in [3.63, 3.8) is 0 Å². The van der Waals surface area contributed by atoms with E-state index >= 15 is 0 Å². The Balaban J connectivity index is 1.45. The van der Waals surface area contributed by atoms with E-state index in [2.05, 4.69) is 13.8 Å². The predicted molar refractivity (Wildman–Crippen MR) is 110 cm³/mol. The van der Waals surface area contributed by atoms with Crippen molar-refractivity contribution in [2.24, 2.45) is 47.3 Å². The maximum atomic E-state index is 12.8. The summed E-state index contributed by atoms with van der Waals surface area (Å²) in [7, 11) is 0. The van der Waals surface area contributed by atoms with Crippen LogP contribution in [0, 0.1) is 47.3 Å². The average Bonchev–Trinajstić information content (AvgIpc) is 3.37. The van der Waals surface area contributed by atoms with Gasteiger partial charge < -0.3 is 19.3 Å². The minimum absolute atomic E-state index is 0.00194. The van der Waals surface area contributed by atoms with Crippen molar-refractivity contribution < 1.29 is 28.9 Å². The summed E-state index contributed by atoms with van der Waals surface area (Å²) in [4.78, 5) is 25.4. The van der Waals surface area contributed by atoms with Crippen LogP contribution in [0.2, 0.25) is 0 Å². The summed E-state index contributed by atoms with van der Waals surface area (Å²) in [5.41, 5.74) is -0.450. The highest BCUT2D eigenvalue weighted by molar-refractivity contribution is 5.74. The molecule has 30 heavy (non-hydrogen) atoms. The number of rotatable bonds is 5. The number of carbonyl (C=O) groups is 2. The molecule has 11 atom stereocenters. The quantitative estimate of drug-likeness (QED) is 0.685. The van der Waals surface area contributed by atoms with Crippen molar-refractivity contribution in [2.75, 3.05) is 6.61 Å². The lowest BCUT2D eigenvalue weighted by Crippen LogP contribution is -2.45. The van der Waals surface area contributed by atoms with E-state index in [-0.39, 0.29) is 42.6 Å². The number of carbonyl (C=O) groups excluding carboxylic acids is 2. The Hall–Kier alpha value is -1.14. The highest BCUT2D eigenvalue weighted by Gasteiger charge is 2.63. The molecule has 4 aliphatic rings. The van der Waals surface area contributed by atoms with Crippen molar-refractivity contribution in [2.45, 2.75) is 84.7 Å². The van der Waals surface area contributed by atoms with Gasteiger partial charge in [-0.1, -0.05) is 13.8 Å². The fraction of sp³-hybridized carbons (Fsp3) is 0.917. The minimum atomic E-state index is -0.654. The van der Waals surface area contributed by atoms with E-state index in [0.717, 1.165) is 19.3 Å². The van der Waals surface area contributed by atoms with Crippen molar-refractivity contribution in [3.05, 3.63) is 0 Å². The van der Waals surface area contributed by atoms with Crippen LogP contribution in [0.1, 0.15) is 60.8 Å². The van der Waals surface area contributed by atoms with Crippen LogP contribution < -0.4 is 0 Å². The molecular weight excluding hydrogens is 384 g/mol. The third-order valence-corrected chi connectivity index (χ3v) is 8.19. The maximum Gasteiger partial charge on any atom is 0.311 e. The predicted octanol–water partition coefficient (Wildman–Crippen LogP) is 3.20. The van der Waals surface area contributed by atoms with Crippen molar-refractivity contribution >= 4 is 11.9 Å². The molecule has 2 saturated carbocycles. The number of ether oxygens (including phenoxy) is 3. The fourth-order valence-corrected chi connectivity index (χ4v) is 7.13. The van der Waals surface area contributed by atoms with Crippen LogP contribution in [0.3, 0.4) is 0 Å². The first-order valence-electron chi connectivity index (χ1n) is 11.7. The molecule has 6 heteroatoms. The van der Waals surface area contributed by atoms with E-state index in [4.69, 9.17) is 14.2 Å². The minimum Gasteiger partial charge on any atom is -0.463 e. The molecule has 2 aliphatic heterocycles. The summed E-state index contributed by atoms with van der Waals surface area (Å²) in [6, 6.07) is 0. The first kappa shape index (κ1) is 22.1. The molecule has 4 bridgehead atoms. The molecule has 6 nitrogen and oxygen atoms in total. The molecule has 0 aromatic rings. The number of hydrogen-bond donors (Lipinski definition) is 1. The molecule has 4 rings (SSSR count). The summed E-state index contributed by atoms with van der Waals surface area (Å²) >= 11 is 0. The van der Waals surface area contributed by atoms with Crippen LogP contribution in [0.15, 0.2) is 0 Å². The zero-order valence-corrected chi connectivity index (χ0v) is 19.2. The third-order valence-electron chi connectivity index (χ3n) is 8.19. The molecule has 0 aromatic heterocycles. The molecule has 170 valence electrons. The Morgan fingerprint density at radius 2 is 1.73 bits per heavy atom. The fourth-order valence-electron chi connectivity index (χ4n) is 7.13.